The number of nitrogens with zero attached hydrogens (tertiary/aromatic N) is 1. The van der Waals surface area contributed by atoms with Crippen LogP contribution in [0.2, 0.25) is 0 Å². The van der Waals surface area contributed by atoms with Crippen LogP contribution in [0.25, 0.3) is 55.3 Å². The van der Waals surface area contributed by atoms with Crippen molar-refractivity contribution >= 4 is 27.8 Å². The number of fused-ring (bicyclic) bond motifs is 7. The van der Waals surface area contributed by atoms with Gasteiger partial charge in [-0.2, -0.15) is 0 Å². The van der Waals surface area contributed by atoms with E-state index in [0.29, 0.717) is 0 Å². The van der Waals surface area contributed by atoms with Crippen molar-refractivity contribution in [2.24, 2.45) is 0 Å². The highest BCUT2D eigenvalue weighted by atomic mass is 15.1. The van der Waals surface area contributed by atoms with E-state index >= 15 is 0 Å². The van der Waals surface area contributed by atoms with Gasteiger partial charge in [-0.1, -0.05) is 235 Å². The van der Waals surface area contributed by atoms with Crippen molar-refractivity contribution in [2.45, 2.75) is 50.9 Å². The lowest BCUT2D eigenvalue weighted by atomic mass is 9.68. The van der Waals surface area contributed by atoms with E-state index in [1.54, 1.807) is 0 Å². The van der Waals surface area contributed by atoms with Gasteiger partial charge in [0.25, 0.3) is 0 Å². The standard InChI is InChI=1S/C66H53N/c1-64(2,3)45-36-38-48(39-37-45)67(49-40-41-59-56(43-49)52-28-16-19-33-58(52)66(59,46-22-8-6-9-23-46)47-24-10-7-11-25-47)61-42-35-44-21-12-13-26-50(44)63(61)54-29-15-14-27-51(54)53-31-20-34-60-62(53)55-30-17-18-32-57(55)65(60,4)5/h6-43H,1-5H3. The summed E-state index contributed by atoms with van der Waals surface area (Å²) in [6.45, 7) is 11.6. The molecule has 0 saturated heterocycles. The molecule has 2 aliphatic carbocycles. The molecule has 10 aromatic rings. The molecular formula is C66H53N. The maximum Gasteiger partial charge on any atom is 0.0713 e. The topological polar surface area (TPSA) is 3.24 Å². The second kappa shape index (κ2) is 15.4. The normalized spacial score (nSPS) is 14.0. The van der Waals surface area contributed by atoms with Gasteiger partial charge in [-0.3, -0.25) is 0 Å². The Morgan fingerprint density at radius 3 is 1.60 bits per heavy atom. The first-order valence-electron chi connectivity index (χ1n) is 23.8. The van der Waals surface area contributed by atoms with Crippen LogP contribution in [-0.4, -0.2) is 0 Å². The first-order valence-corrected chi connectivity index (χ1v) is 23.8. The molecule has 0 radical (unpaired) electrons. The summed E-state index contributed by atoms with van der Waals surface area (Å²) in [5.41, 5.74) is 22.1. The van der Waals surface area contributed by atoms with E-state index in [9.17, 15) is 0 Å². The first-order chi connectivity index (χ1) is 32.7. The van der Waals surface area contributed by atoms with Gasteiger partial charge < -0.3 is 4.90 Å². The molecule has 0 unspecified atom stereocenters. The van der Waals surface area contributed by atoms with Gasteiger partial charge in [-0.25, -0.2) is 0 Å². The fourth-order valence-corrected chi connectivity index (χ4v) is 11.8. The second-order valence-corrected chi connectivity index (χ2v) is 20.0. The van der Waals surface area contributed by atoms with E-state index < -0.39 is 5.41 Å². The number of rotatable bonds is 7. The van der Waals surface area contributed by atoms with Crippen LogP contribution in [0.15, 0.2) is 231 Å². The zero-order valence-electron chi connectivity index (χ0n) is 38.9. The Kier molecular flexibility index (Phi) is 9.38. The first kappa shape index (κ1) is 40.7. The summed E-state index contributed by atoms with van der Waals surface area (Å²) < 4.78 is 0. The van der Waals surface area contributed by atoms with Crippen LogP contribution in [0, 0.1) is 0 Å². The molecule has 2 aliphatic rings. The molecule has 0 saturated carbocycles. The van der Waals surface area contributed by atoms with Gasteiger partial charge in [0.1, 0.15) is 0 Å². The fraction of sp³-hybridized carbons (Fsp3) is 0.121. The molecule has 0 bridgehead atoms. The van der Waals surface area contributed by atoms with Crippen LogP contribution in [0.5, 0.6) is 0 Å². The fourth-order valence-electron chi connectivity index (χ4n) is 11.8. The molecule has 322 valence electrons. The van der Waals surface area contributed by atoms with Crippen LogP contribution in [-0.2, 0) is 16.2 Å². The minimum atomic E-state index is -0.484. The highest BCUT2D eigenvalue weighted by Gasteiger charge is 2.46. The molecule has 0 atom stereocenters. The molecule has 0 aliphatic heterocycles. The molecule has 12 rings (SSSR count). The van der Waals surface area contributed by atoms with Crippen molar-refractivity contribution in [3.63, 3.8) is 0 Å². The minimum absolute atomic E-state index is 0.00895. The lowest BCUT2D eigenvalue weighted by molar-refractivity contribution is 0.590. The number of hydrogen-bond donors (Lipinski definition) is 0. The Morgan fingerprint density at radius 2 is 0.896 bits per heavy atom. The van der Waals surface area contributed by atoms with E-state index in [0.717, 1.165) is 17.1 Å². The monoisotopic (exact) mass is 859 g/mol. The van der Waals surface area contributed by atoms with Crippen molar-refractivity contribution in [2.75, 3.05) is 4.90 Å². The van der Waals surface area contributed by atoms with Crippen LogP contribution >= 0.6 is 0 Å². The van der Waals surface area contributed by atoms with Crippen LogP contribution in [0.4, 0.5) is 17.1 Å². The average molecular weight is 860 g/mol. The van der Waals surface area contributed by atoms with E-state index in [-0.39, 0.29) is 10.8 Å². The quantitative estimate of drug-likeness (QED) is 0.154. The third-order valence-corrected chi connectivity index (χ3v) is 14.9. The Labute approximate surface area is 395 Å². The van der Waals surface area contributed by atoms with Crippen molar-refractivity contribution in [3.05, 3.63) is 269 Å². The maximum absolute atomic E-state index is 2.52. The molecule has 0 fully saturated rings. The van der Waals surface area contributed by atoms with Gasteiger partial charge in [-0.15, -0.1) is 0 Å². The molecule has 0 N–H and O–H groups in total. The Morgan fingerprint density at radius 1 is 0.358 bits per heavy atom. The van der Waals surface area contributed by atoms with Crippen molar-refractivity contribution in [1.29, 1.82) is 0 Å². The summed E-state index contributed by atoms with van der Waals surface area (Å²) in [5, 5.41) is 2.43. The molecular weight excluding hydrogens is 807 g/mol. The average Bonchev–Trinajstić information content (AvgIpc) is 3.80. The van der Waals surface area contributed by atoms with Crippen molar-refractivity contribution < 1.29 is 0 Å². The molecule has 0 heterocycles. The Hall–Kier alpha value is -7.74. The maximum atomic E-state index is 2.52. The predicted octanol–water partition coefficient (Wildman–Crippen LogP) is 17.6. The predicted molar refractivity (Wildman–Crippen MR) is 283 cm³/mol. The summed E-state index contributed by atoms with van der Waals surface area (Å²) in [6.07, 6.45) is 0. The van der Waals surface area contributed by atoms with Crippen molar-refractivity contribution in [3.8, 4) is 44.5 Å². The molecule has 0 spiro atoms. The summed E-state index contributed by atoms with van der Waals surface area (Å²) in [4.78, 5) is 2.52. The largest absolute Gasteiger partial charge is 0.310 e. The van der Waals surface area contributed by atoms with Crippen LogP contribution in [0.3, 0.4) is 0 Å². The summed E-state index contributed by atoms with van der Waals surface area (Å²) in [5.74, 6) is 0. The summed E-state index contributed by atoms with van der Waals surface area (Å²) in [7, 11) is 0. The van der Waals surface area contributed by atoms with Crippen LogP contribution in [0.1, 0.15) is 73.6 Å². The molecule has 10 aromatic carbocycles. The zero-order chi connectivity index (χ0) is 45.5. The van der Waals surface area contributed by atoms with Gasteiger partial charge in [0.15, 0.2) is 0 Å². The summed E-state index contributed by atoms with van der Waals surface area (Å²) >= 11 is 0. The van der Waals surface area contributed by atoms with Gasteiger partial charge in [0.2, 0.25) is 0 Å². The lowest BCUT2D eigenvalue weighted by Crippen LogP contribution is -2.28. The number of anilines is 3. The Balaban J connectivity index is 1.14. The van der Waals surface area contributed by atoms with E-state index in [2.05, 4.69) is 270 Å². The molecule has 1 heteroatoms. The molecule has 67 heavy (non-hydrogen) atoms. The molecule has 1 nitrogen and oxygen atoms in total. The van der Waals surface area contributed by atoms with Gasteiger partial charge in [-0.05, 0) is 124 Å². The minimum Gasteiger partial charge on any atom is -0.310 e. The van der Waals surface area contributed by atoms with E-state index in [1.165, 1.54) is 94.2 Å². The van der Waals surface area contributed by atoms with E-state index in [1.807, 2.05) is 0 Å². The highest BCUT2D eigenvalue weighted by molar-refractivity contribution is 6.10. The van der Waals surface area contributed by atoms with Crippen molar-refractivity contribution in [1.82, 2.24) is 0 Å². The van der Waals surface area contributed by atoms with Gasteiger partial charge >= 0.3 is 0 Å². The zero-order valence-corrected chi connectivity index (χ0v) is 38.9. The number of hydrogen-bond acceptors (Lipinski definition) is 1. The second-order valence-electron chi connectivity index (χ2n) is 20.0. The van der Waals surface area contributed by atoms with Gasteiger partial charge in [0.05, 0.1) is 11.1 Å². The number of benzene rings is 10. The third-order valence-electron chi connectivity index (χ3n) is 14.9. The van der Waals surface area contributed by atoms with Crippen LogP contribution < -0.4 is 4.90 Å². The summed E-state index contributed by atoms with van der Waals surface area (Å²) in [6, 6.07) is 86.5. The van der Waals surface area contributed by atoms with E-state index in [4.69, 9.17) is 0 Å². The lowest BCUT2D eigenvalue weighted by Gasteiger charge is -2.34. The Bertz CT molecular complexity index is 3480. The molecule has 0 aromatic heterocycles. The molecule has 0 amide bonds. The SMILES string of the molecule is CC(C)(C)c1ccc(N(c2ccc3c(c2)-c2ccccc2C3(c2ccccc2)c2ccccc2)c2ccc3ccccc3c2-c2ccccc2-c2cccc3c2-c2ccccc2C3(C)C)cc1. The van der Waals surface area contributed by atoms with Gasteiger partial charge in [0, 0.05) is 22.4 Å². The third kappa shape index (κ3) is 6.21. The smallest absolute Gasteiger partial charge is 0.0713 e. The highest BCUT2D eigenvalue weighted by Crippen LogP contribution is 2.58.